The molecule has 0 spiro atoms. The van der Waals surface area contributed by atoms with Crippen LogP contribution in [0.15, 0.2) is 24.5 Å². The third-order valence-corrected chi connectivity index (χ3v) is 6.53. The standard InChI is InChI=1S/C21H25Cl2FN6O/c1-12-4-6-29(20-18(24)19(25)26-11-27-20)10-17(12)30-5-2-3-16(21(30)31)28-15-8-13(22)7-14(23)9-15/h7-9,11-12,16-17,28H,2-6,10H2,1H3,(H2,25,26,27)/t12-,16-,17-/m0/s1. The van der Waals surface area contributed by atoms with Crippen LogP contribution < -0.4 is 16.0 Å². The minimum atomic E-state index is -0.613. The van der Waals surface area contributed by atoms with Gasteiger partial charge in [-0.15, -0.1) is 0 Å². The number of carbonyl (C=O) groups is 1. The number of hydrogen-bond acceptors (Lipinski definition) is 6. The van der Waals surface area contributed by atoms with E-state index in [0.29, 0.717) is 29.7 Å². The molecule has 2 fully saturated rings. The molecule has 1 aromatic heterocycles. The summed E-state index contributed by atoms with van der Waals surface area (Å²) in [6.45, 7) is 3.95. The van der Waals surface area contributed by atoms with Crippen molar-refractivity contribution in [3.05, 3.63) is 40.4 Å². The van der Waals surface area contributed by atoms with Gasteiger partial charge in [-0.3, -0.25) is 4.79 Å². The molecule has 1 amide bonds. The Kier molecular flexibility index (Phi) is 6.39. The summed E-state index contributed by atoms with van der Waals surface area (Å²) in [7, 11) is 0. The topological polar surface area (TPSA) is 87.4 Å². The maximum absolute atomic E-state index is 14.5. The fourth-order valence-corrected chi connectivity index (χ4v) is 4.97. The highest BCUT2D eigenvalue weighted by molar-refractivity contribution is 6.35. The van der Waals surface area contributed by atoms with E-state index in [-0.39, 0.29) is 35.5 Å². The van der Waals surface area contributed by atoms with Gasteiger partial charge in [0.15, 0.2) is 11.6 Å². The summed E-state index contributed by atoms with van der Waals surface area (Å²) in [6.07, 6.45) is 3.68. The Hall–Kier alpha value is -2.32. The number of piperidine rings is 2. The minimum absolute atomic E-state index is 0.0312. The Labute approximate surface area is 190 Å². The van der Waals surface area contributed by atoms with Crippen LogP contribution >= 0.6 is 23.2 Å². The van der Waals surface area contributed by atoms with Crippen molar-refractivity contribution >= 4 is 46.4 Å². The van der Waals surface area contributed by atoms with Crippen LogP contribution in [0.25, 0.3) is 0 Å². The van der Waals surface area contributed by atoms with Gasteiger partial charge in [0, 0.05) is 35.4 Å². The zero-order chi connectivity index (χ0) is 22.1. The van der Waals surface area contributed by atoms with Crippen molar-refractivity contribution < 1.29 is 9.18 Å². The van der Waals surface area contributed by atoms with E-state index in [0.717, 1.165) is 24.9 Å². The maximum Gasteiger partial charge on any atom is 0.245 e. The van der Waals surface area contributed by atoms with Crippen LogP contribution in [0, 0.1) is 11.7 Å². The number of nitrogens with two attached hydrogens (primary N) is 1. The summed E-state index contributed by atoms with van der Waals surface area (Å²) in [5.41, 5.74) is 6.34. The van der Waals surface area contributed by atoms with E-state index < -0.39 is 5.82 Å². The first-order valence-electron chi connectivity index (χ1n) is 10.4. The van der Waals surface area contributed by atoms with Crippen LogP contribution in [-0.4, -0.2) is 52.5 Å². The lowest BCUT2D eigenvalue weighted by Gasteiger charge is -2.46. The number of amides is 1. The van der Waals surface area contributed by atoms with E-state index in [2.05, 4.69) is 22.2 Å². The molecule has 0 bridgehead atoms. The zero-order valence-corrected chi connectivity index (χ0v) is 18.7. The van der Waals surface area contributed by atoms with Gasteiger partial charge in [0.25, 0.3) is 0 Å². The molecular weight excluding hydrogens is 442 g/mol. The number of likely N-dealkylation sites (tertiary alicyclic amines) is 1. The molecule has 10 heteroatoms. The molecule has 7 nitrogen and oxygen atoms in total. The lowest BCUT2D eigenvalue weighted by Crippen LogP contribution is -2.59. The number of benzene rings is 1. The summed E-state index contributed by atoms with van der Waals surface area (Å²) >= 11 is 12.2. The van der Waals surface area contributed by atoms with Crippen molar-refractivity contribution in [2.45, 2.75) is 38.3 Å². The Morgan fingerprint density at radius 2 is 1.90 bits per heavy atom. The molecule has 0 aliphatic carbocycles. The SMILES string of the molecule is C[C@H]1CCN(c2ncnc(N)c2F)C[C@@H]1N1CCC[C@H](Nc2cc(Cl)cc(Cl)c2)C1=O. The second-order valence-corrected chi connectivity index (χ2v) is 9.08. The van der Waals surface area contributed by atoms with Crippen molar-refractivity contribution in [1.82, 2.24) is 14.9 Å². The van der Waals surface area contributed by atoms with Crippen molar-refractivity contribution in [3.8, 4) is 0 Å². The summed E-state index contributed by atoms with van der Waals surface area (Å²) in [5, 5.41) is 4.31. The highest BCUT2D eigenvalue weighted by atomic mass is 35.5. The Morgan fingerprint density at radius 3 is 2.65 bits per heavy atom. The van der Waals surface area contributed by atoms with Crippen molar-refractivity contribution in [2.75, 3.05) is 35.6 Å². The van der Waals surface area contributed by atoms with Crippen molar-refractivity contribution in [2.24, 2.45) is 5.92 Å². The Bertz CT molecular complexity index is 957. The predicted molar refractivity (Wildman–Crippen MR) is 121 cm³/mol. The van der Waals surface area contributed by atoms with Crippen molar-refractivity contribution in [3.63, 3.8) is 0 Å². The van der Waals surface area contributed by atoms with Gasteiger partial charge in [-0.25, -0.2) is 9.97 Å². The lowest BCUT2D eigenvalue weighted by molar-refractivity contribution is -0.138. The number of hydrogen-bond donors (Lipinski definition) is 2. The fourth-order valence-electron chi connectivity index (χ4n) is 4.44. The highest BCUT2D eigenvalue weighted by Gasteiger charge is 2.39. The number of aromatic nitrogens is 2. The number of carbonyl (C=O) groups excluding carboxylic acids is 1. The van der Waals surface area contributed by atoms with E-state index in [1.165, 1.54) is 6.33 Å². The van der Waals surface area contributed by atoms with Crippen LogP contribution in [-0.2, 0) is 4.79 Å². The van der Waals surface area contributed by atoms with Gasteiger partial charge >= 0.3 is 0 Å². The first kappa shape index (κ1) is 21.9. The molecule has 2 aliphatic rings. The normalized spacial score (nSPS) is 24.4. The van der Waals surface area contributed by atoms with Gasteiger partial charge in [-0.2, -0.15) is 4.39 Å². The van der Waals surface area contributed by atoms with E-state index in [9.17, 15) is 9.18 Å². The summed E-state index contributed by atoms with van der Waals surface area (Å²) in [4.78, 5) is 24.9. The second-order valence-electron chi connectivity index (χ2n) is 8.20. The van der Waals surface area contributed by atoms with E-state index in [1.807, 2.05) is 9.80 Å². The quantitative estimate of drug-likeness (QED) is 0.711. The van der Waals surface area contributed by atoms with Crippen LogP contribution in [0.3, 0.4) is 0 Å². The number of halogens is 3. The van der Waals surface area contributed by atoms with Gasteiger partial charge in [0.2, 0.25) is 11.7 Å². The summed E-state index contributed by atoms with van der Waals surface area (Å²) in [6, 6.07) is 4.75. The predicted octanol–water partition coefficient (Wildman–Crippen LogP) is 3.82. The average molecular weight is 467 g/mol. The molecule has 31 heavy (non-hydrogen) atoms. The molecular formula is C21H25Cl2FN6O. The molecule has 0 saturated carbocycles. The van der Waals surface area contributed by atoms with Gasteiger partial charge in [-0.05, 0) is 43.4 Å². The number of anilines is 3. The van der Waals surface area contributed by atoms with Gasteiger partial charge in [0.1, 0.15) is 12.4 Å². The van der Waals surface area contributed by atoms with Crippen molar-refractivity contribution in [1.29, 1.82) is 0 Å². The monoisotopic (exact) mass is 466 g/mol. The first-order chi connectivity index (χ1) is 14.8. The molecule has 4 rings (SSSR count). The third kappa shape index (κ3) is 4.65. The highest BCUT2D eigenvalue weighted by Crippen LogP contribution is 2.31. The molecule has 0 unspecified atom stereocenters. The molecule has 0 radical (unpaired) electrons. The number of nitrogens with zero attached hydrogens (tertiary/aromatic N) is 4. The number of rotatable bonds is 4. The lowest BCUT2D eigenvalue weighted by atomic mass is 9.89. The third-order valence-electron chi connectivity index (χ3n) is 6.09. The molecule has 2 aliphatic heterocycles. The summed E-state index contributed by atoms with van der Waals surface area (Å²) in [5.74, 6) is -0.278. The second kappa shape index (κ2) is 9.04. The molecule has 166 valence electrons. The molecule has 1 aromatic carbocycles. The van der Waals surface area contributed by atoms with Crippen LogP contribution in [0.2, 0.25) is 10.0 Å². The van der Waals surface area contributed by atoms with Gasteiger partial charge in [0.05, 0.1) is 6.04 Å². The maximum atomic E-state index is 14.5. The average Bonchev–Trinajstić information content (AvgIpc) is 2.72. The summed E-state index contributed by atoms with van der Waals surface area (Å²) < 4.78 is 14.5. The Balaban J connectivity index is 1.51. The largest absolute Gasteiger partial charge is 0.381 e. The molecule has 3 heterocycles. The van der Waals surface area contributed by atoms with E-state index in [4.69, 9.17) is 28.9 Å². The smallest absolute Gasteiger partial charge is 0.245 e. The number of nitrogen functional groups attached to an aromatic ring is 1. The van der Waals surface area contributed by atoms with Crippen LogP contribution in [0.1, 0.15) is 26.2 Å². The minimum Gasteiger partial charge on any atom is -0.381 e. The van der Waals surface area contributed by atoms with Crippen LogP contribution in [0.5, 0.6) is 0 Å². The number of nitrogens with one attached hydrogen (secondary N) is 1. The van der Waals surface area contributed by atoms with Gasteiger partial charge in [-0.1, -0.05) is 30.1 Å². The van der Waals surface area contributed by atoms with Gasteiger partial charge < -0.3 is 20.9 Å². The molecule has 3 atom stereocenters. The Morgan fingerprint density at radius 1 is 1.16 bits per heavy atom. The van der Waals surface area contributed by atoms with Crippen LogP contribution in [0.4, 0.5) is 21.7 Å². The molecule has 3 N–H and O–H groups in total. The molecule has 2 aromatic rings. The van der Waals surface area contributed by atoms with E-state index >= 15 is 0 Å². The van der Waals surface area contributed by atoms with E-state index in [1.54, 1.807) is 18.2 Å². The fraction of sp³-hybridized carbons (Fsp3) is 0.476. The molecule has 2 saturated heterocycles. The first-order valence-corrected chi connectivity index (χ1v) is 11.1. The zero-order valence-electron chi connectivity index (χ0n) is 17.2.